The van der Waals surface area contributed by atoms with E-state index in [0.29, 0.717) is 10.6 Å². The smallest absolute Gasteiger partial charge is 0.244 e. The van der Waals surface area contributed by atoms with Crippen molar-refractivity contribution in [2.75, 3.05) is 17.1 Å². The predicted octanol–water partition coefficient (Wildman–Crippen LogP) is 5.11. The van der Waals surface area contributed by atoms with Crippen LogP contribution >= 0.6 is 11.6 Å². The maximum absolute atomic E-state index is 14.8. The molecule has 0 spiro atoms. The maximum Gasteiger partial charge on any atom is 0.244 e. The lowest BCUT2D eigenvalue weighted by Crippen LogP contribution is -2.56. The van der Waals surface area contributed by atoms with Crippen molar-refractivity contribution in [2.45, 2.75) is 52.2 Å². The fraction of sp³-hybridized carbons (Fsp3) is 0.333. The van der Waals surface area contributed by atoms with Gasteiger partial charge in [-0.15, -0.1) is 0 Å². The number of benzene rings is 3. The highest BCUT2D eigenvalue weighted by atomic mass is 35.5. The van der Waals surface area contributed by atoms with Crippen molar-refractivity contribution in [1.29, 1.82) is 0 Å². The Morgan fingerprint density at radius 1 is 1.00 bits per heavy atom. The molecule has 0 aliphatic rings. The first-order valence-electron chi connectivity index (χ1n) is 12.8. The third-order valence-electron chi connectivity index (χ3n) is 6.17. The molecule has 0 radical (unpaired) electrons. The molecule has 1 atom stereocenters. The summed E-state index contributed by atoms with van der Waals surface area (Å²) in [5, 5.41) is 3.35. The van der Waals surface area contributed by atoms with E-state index in [2.05, 4.69) is 5.32 Å². The number of nitrogens with zero attached hydrogens (tertiary/aromatic N) is 2. The number of hydrogen-bond acceptors (Lipinski definition) is 4. The Morgan fingerprint density at radius 2 is 1.62 bits per heavy atom. The summed E-state index contributed by atoms with van der Waals surface area (Å²) in [6.07, 6.45) is 1.14. The fourth-order valence-corrected chi connectivity index (χ4v) is 5.44. The van der Waals surface area contributed by atoms with Crippen molar-refractivity contribution in [2.24, 2.45) is 0 Å². The second-order valence-corrected chi connectivity index (χ2v) is 13.1. The summed E-state index contributed by atoms with van der Waals surface area (Å²) in [7, 11) is -3.93. The number of rotatable bonds is 10. The van der Waals surface area contributed by atoms with Gasteiger partial charge in [0.2, 0.25) is 21.8 Å². The van der Waals surface area contributed by atoms with Crippen LogP contribution in [-0.4, -0.2) is 49.5 Å². The summed E-state index contributed by atoms with van der Waals surface area (Å²) in [5.41, 5.74) is 1.21. The minimum Gasteiger partial charge on any atom is -0.350 e. The van der Waals surface area contributed by atoms with Crippen LogP contribution in [0.2, 0.25) is 5.02 Å². The second-order valence-electron chi connectivity index (χ2n) is 10.8. The van der Waals surface area contributed by atoms with Crippen molar-refractivity contribution >= 4 is 39.1 Å². The van der Waals surface area contributed by atoms with Crippen LogP contribution < -0.4 is 9.62 Å². The lowest BCUT2D eigenvalue weighted by molar-refractivity contribution is -0.140. The number of sulfonamides is 1. The topological polar surface area (TPSA) is 86.8 Å². The van der Waals surface area contributed by atoms with Gasteiger partial charge in [0.15, 0.2) is 0 Å². The molecule has 0 bridgehead atoms. The van der Waals surface area contributed by atoms with Crippen LogP contribution in [-0.2, 0) is 32.6 Å². The Balaban J connectivity index is 2.10. The normalized spacial score (nSPS) is 12.5. The lowest BCUT2D eigenvalue weighted by atomic mass is 10.0. The summed E-state index contributed by atoms with van der Waals surface area (Å²) in [6.45, 7) is 6.32. The molecule has 3 aromatic rings. The Bertz CT molecular complexity index is 1460. The Labute approximate surface area is 241 Å². The largest absolute Gasteiger partial charge is 0.350 e. The Morgan fingerprint density at radius 3 is 2.20 bits per heavy atom. The molecule has 214 valence electrons. The summed E-state index contributed by atoms with van der Waals surface area (Å²) in [4.78, 5) is 29.0. The maximum atomic E-state index is 14.8. The van der Waals surface area contributed by atoms with Crippen LogP contribution in [0.3, 0.4) is 0 Å². The van der Waals surface area contributed by atoms with Gasteiger partial charge < -0.3 is 10.2 Å². The zero-order chi connectivity index (χ0) is 29.7. The number of amides is 2. The standard InChI is InChI=1S/C30H35ClFN3O4S/c1-21-17-24(31)15-16-26(21)35(40(5,38)39)20-28(36)34(19-23-13-9-10-14-25(23)32)27(29(37)33-30(2,3)4)18-22-11-7-6-8-12-22/h6-17,27H,18-20H2,1-5H3,(H,33,37)/t27-/m1/s1. The van der Waals surface area contributed by atoms with Crippen molar-refractivity contribution in [3.05, 3.63) is 100 Å². The van der Waals surface area contributed by atoms with E-state index in [0.717, 1.165) is 16.1 Å². The van der Waals surface area contributed by atoms with E-state index in [1.807, 2.05) is 51.1 Å². The third-order valence-corrected chi connectivity index (χ3v) is 7.54. The van der Waals surface area contributed by atoms with E-state index in [-0.39, 0.29) is 24.2 Å². The predicted molar refractivity (Wildman–Crippen MR) is 157 cm³/mol. The van der Waals surface area contributed by atoms with E-state index in [4.69, 9.17) is 11.6 Å². The molecule has 0 heterocycles. The van der Waals surface area contributed by atoms with Crippen molar-refractivity contribution < 1.29 is 22.4 Å². The zero-order valence-corrected chi connectivity index (χ0v) is 24.9. The fourth-order valence-electron chi connectivity index (χ4n) is 4.31. The highest BCUT2D eigenvalue weighted by molar-refractivity contribution is 7.92. The van der Waals surface area contributed by atoms with Gasteiger partial charge in [-0.1, -0.05) is 60.1 Å². The minimum absolute atomic E-state index is 0.141. The van der Waals surface area contributed by atoms with Gasteiger partial charge in [0.25, 0.3) is 0 Å². The second kappa shape index (κ2) is 12.8. The quantitative estimate of drug-likeness (QED) is 0.357. The first-order chi connectivity index (χ1) is 18.7. The first kappa shape index (κ1) is 31.1. The molecule has 1 N–H and O–H groups in total. The zero-order valence-electron chi connectivity index (χ0n) is 23.3. The van der Waals surface area contributed by atoms with Gasteiger partial charge in [0.05, 0.1) is 11.9 Å². The van der Waals surface area contributed by atoms with Crippen LogP contribution in [0.5, 0.6) is 0 Å². The summed E-state index contributed by atoms with van der Waals surface area (Å²) in [5.74, 6) is -1.63. The van der Waals surface area contributed by atoms with Gasteiger partial charge >= 0.3 is 0 Å². The molecule has 0 saturated carbocycles. The summed E-state index contributed by atoms with van der Waals surface area (Å²) >= 11 is 6.08. The van der Waals surface area contributed by atoms with Gasteiger partial charge in [-0.25, -0.2) is 12.8 Å². The van der Waals surface area contributed by atoms with Crippen LogP contribution in [0.15, 0.2) is 72.8 Å². The number of hydrogen-bond donors (Lipinski definition) is 1. The highest BCUT2D eigenvalue weighted by Gasteiger charge is 2.35. The lowest BCUT2D eigenvalue weighted by Gasteiger charge is -2.35. The number of anilines is 1. The van der Waals surface area contributed by atoms with Crippen LogP contribution in [0, 0.1) is 12.7 Å². The number of nitrogens with one attached hydrogen (secondary N) is 1. The van der Waals surface area contributed by atoms with E-state index in [9.17, 15) is 22.4 Å². The number of carbonyl (C=O) groups excluding carboxylic acids is 2. The van der Waals surface area contributed by atoms with Crippen molar-refractivity contribution in [1.82, 2.24) is 10.2 Å². The molecule has 0 aliphatic carbocycles. The molecular formula is C30H35ClFN3O4S. The van der Waals surface area contributed by atoms with Gasteiger partial charge in [0, 0.05) is 29.1 Å². The molecule has 0 fully saturated rings. The first-order valence-corrected chi connectivity index (χ1v) is 15.0. The van der Waals surface area contributed by atoms with Gasteiger partial charge in [-0.2, -0.15) is 0 Å². The van der Waals surface area contributed by atoms with Gasteiger partial charge in [-0.3, -0.25) is 13.9 Å². The highest BCUT2D eigenvalue weighted by Crippen LogP contribution is 2.26. The molecule has 0 aromatic heterocycles. The number of halogens is 2. The van der Waals surface area contributed by atoms with Gasteiger partial charge in [0.1, 0.15) is 18.4 Å². The van der Waals surface area contributed by atoms with Crippen LogP contribution in [0.4, 0.5) is 10.1 Å². The Hall–Kier alpha value is -3.43. The molecule has 0 saturated heterocycles. The molecule has 10 heteroatoms. The summed E-state index contributed by atoms with van der Waals surface area (Å²) < 4.78 is 41.6. The van der Waals surface area contributed by atoms with Crippen molar-refractivity contribution in [3.8, 4) is 0 Å². The average Bonchev–Trinajstić information content (AvgIpc) is 2.85. The molecular weight excluding hydrogens is 553 g/mol. The minimum atomic E-state index is -3.93. The van der Waals surface area contributed by atoms with Gasteiger partial charge in [-0.05, 0) is 63.1 Å². The van der Waals surface area contributed by atoms with Crippen LogP contribution in [0.1, 0.15) is 37.5 Å². The molecule has 0 aliphatic heterocycles. The molecule has 3 rings (SSSR count). The number of aryl methyl sites for hydroxylation is 1. The number of carbonyl (C=O) groups is 2. The van der Waals surface area contributed by atoms with E-state index in [1.54, 1.807) is 25.1 Å². The molecule has 3 aromatic carbocycles. The Kier molecular flexibility index (Phi) is 9.97. The van der Waals surface area contributed by atoms with Crippen LogP contribution in [0.25, 0.3) is 0 Å². The SMILES string of the molecule is Cc1cc(Cl)ccc1N(CC(=O)N(Cc1ccccc1F)[C@H](Cc1ccccc1)C(=O)NC(C)(C)C)S(C)(=O)=O. The summed E-state index contributed by atoms with van der Waals surface area (Å²) in [6, 6.07) is 18.8. The monoisotopic (exact) mass is 587 g/mol. The molecule has 7 nitrogen and oxygen atoms in total. The molecule has 40 heavy (non-hydrogen) atoms. The third kappa shape index (κ3) is 8.53. The van der Waals surface area contributed by atoms with E-state index >= 15 is 0 Å². The van der Waals surface area contributed by atoms with E-state index < -0.39 is 45.8 Å². The molecule has 2 amide bonds. The molecule has 0 unspecified atom stereocenters. The average molecular weight is 588 g/mol. The van der Waals surface area contributed by atoms with E-state index in [1.165, 1.54) is 29.2 Å². The van der Waals surface area contributed by atoms with Crippen molar-refractivity contribution in [3.63, 3.8) is 0 Å².